The Labute approximate surface area is 186 Å². The highest BCUT2D eigenvalue weighted by molar-refractivity contribution is 6.08. The molecule has 0 saturated carbocycles. The lowest BCUT2D eigenvalue weighted by Gasteiger charge is -2.43. The monoisotopic (exact) mass is 428 g/mol. The van der Waals surface area contributed by atoms with Gasteiger partial charge in [0.15, 0.2) is 0 Å². The molecule has 6 heteroatoms. The molecule has 2 atom stereocenters. The molecule has 0 aliphatic carbocycles. The van der Waals surface area contributed by atoms with Gasteiger partial charge in [-0.25, -0.2) is 4.79 Å². The highest BCUT2D eigenvalue weighted by atomic mass is 16.4. The number of carboxylic acids is 1. The fraction of sp³-hybridized carbons (Fsp3) is 0.231. The van der Waals surface area contributed by atoms with Gasteiger partial charge in [-0.2, -0.15) is 0 Å². The molecule has 0 unspecified atom stereocenters. The predicted molar refractivity (Wildman–Crippen MR) is 119 cm³/mol. The van der Waals surface area contributed by atoms with Crippen molar-refractivity contribution in [1.82, 2.24) is 9.88 Å². The fourth-order valence-corrected chi connectivity index (χ4v) is 4.34. The third kappa shape index (κ3) is 4.44. The molecule has 4 rings (SSSR count). The Kier molecular flexibility index (Phi) is 6.40. The van der Waals surface area contributed by atoms with E-state index in [4.69, 9.17) is 0 Å². The Morgan fingerprint density at radius 2 is 1.50 bits per heavy atom. The van der Waals surface area contributed by atoms with Gasteiger partial charge in [0, 0.05) is 30.7 Å². The maximum absolute atomic E-state index is 12.9. The molecule has 1 saturated heterocycles. The number of benzene rings is 2. The van der Waals surface area contributed by atoms with Crippen LogP contribution in [0.3, 0.4) is 0 Å². The molecule has 3 aromatic rings. The van der Waals surface area contributed by atoms with Crippen molar-refractivity contribution in [2.75, 3.05) is 0 Å². The maximum atomic E-state index is 12.9. The standard InChI is InChI=1S/C26H24N2O4/c29-23(15-14-21(18-9-3-1-4-10-18)19-11-5-2-6-12-19)28-24(26(31)32)22(25(28)30)17-20-13-7-8-16-27-20/h1-13,16,21-22,24H,14-15,17H2,(H,31,32)/t22-,24+/m1/s1. The zero-order valence-electron chi connectivity index (χ0n) is 17.5. The van der Waals surface area contributed by atoms with E-state index in [9.17, 15) is 19.5 Å². The van der Waals surface area contributed by atoms with Crippen LogP contribution in [0, 0.1) is 5.92 Å². The molecule has 0 bridgehead atoms. The summed E-state index contributed by atoms with van der Waals surface area (Å²) in [5.41, 5.74) is 2.78. The molecule has 1 aromatic heterocycles. The smallest absolute Gasteiger partial charge is 0.327 e. The molecule has 2 heterocycles. The SMILES string of the molecule is O=C(O)[C@@H]1[C@@H](Cc2ccccn2)C(=O)N1C(=O)CCC(c1ccccc1)c1ccccc1. The van der Waals surface area contributed by atoms with Crippen molar-refractivity contribution in [3.8, 4) is 0 Å². The number of carboxylic acid groups (broad SMARTS) is 1. The Morgan fingerprint density at radius 3 is 2.03 bits per heavy atom. The molecule has 2 amide bonds. The average molecular weight is 428 g/mol. The first-order valence-corrected chi connectivity index (χ1v) is 10.6. The number of β-lactam (4-membered cyclic amide) rings is 1. The first kappa shape index (κ1) is 21.4. The van der Waals surface area contributed by atoms with Gasteiger partial charge in [0.2, 0.25) is 11.8 Å². The third-order valence-electron chi connectivity index (χ3n) is 5.94. The van der Waals surface area contributed by atoms with Gasteiger partial charge in [-0.15, -0.1) is 0 Å². The molecule has 1 fully saturated rings. The van der Waals surface area contributed by atoms with E-state index in [1.54, 1.807) is 24.4 Å². The number of hydrogen-bond donors (Lipinski definition) is 1. The number of amides is 2. The van der Waals surface area contributed by atoms with E-state index in [1.807, 2.05) is 60.7 Å². The summed E-state index contributed by atoms with van der Waals surface area (Å²) < 4.78 is 0. The van der Waals surface area contributed by atoms with Crippen LogP contribution in [0.2, 0.25) is 0 Å². The molecule has 162 valence electrons. The van der Waals surface area contributed by atoms with Gasteiger partial charge < -0.3 is 5.11 Å². The average Bonchev–Trinajstić information content (AvgIpc) is 2.82. The Bertz CT molecular complexity index is 1050. The number of nitrogens with zero attached hydrogens (tertiary/aromatic N) is 2. The van der Waals surface area contributed by atoms with Crippen molar-refractivity contribution >= 4 is 17.8 Å². The van der Waals surface area contributed by atoms with Gasteiger partial charge in [0.05, 0.1) is 5.92 Å². The molecule has 2 aromatic carbocycles. The molecule has 32 heavy (non-hydrogen) atoms. The Hall–Kier alpha value is -3.80. The number of imide groups is 1. The van der Waals surface area contributed by atoms with E-state index in [2.05, 4.69) is 4.98 Å². The van der Waals surface area contributed by atoms with E-state index >= 15 is 0 Å². The van der Waals surface area contributed by atoms with Crippen molar-refractivity contribution in [1.29, 1.82) is 0 Å². The van der Waals surface area contributed by atoms with Gasteiger partial charge in [-0.05, 0) is 29.7 Å². The highest BCUT2D eigenvalue weighted by Crippen LogP contribution is 2.33. The van der Waals surface area contributed by atoms with Crippen LogP contribution in [0.25, 0.3) is 0 Å². The predicted octanol–water partition coefficient (Wildman–Crippen LogP) is 3.67. The van der Waals surface area contributed by atoms with Crippen molar-refractivity contribution in [2.24, 2.45) is 5.92 Å². The molecule has 0 spiro atoms. The number of likely N-dealkylation sites (tertiary alicyclic amines) is 1. The maximum Gasteiger partial charge on any atom is 0.327 e. The van der Waals surface area contributed by atoms with E-state index in [1.165, 1.54) is 0 Å². The van der Waals surface area contributed by atoms with Crippen molar-refractivity contribution < 1.29 is 19.5 Å². The number of aliphatic carboxylic acids is 1. The molecule has 1 aliphatic heterocycles. The van der Waals surface area contributed by atoms with E-state index in [0.717, 1.165) is 16.0 Å². The van der Waals surface area contributed by atoms with Crippen LogP contribution < -0.4 is 0 Å². The van der Waals surface area contributed by atoms with Gasteiger partial charge in [-0.3, -0.25) is 19.5 Å². The summed E-state index contributed by atoms with van der Waals surface area (Å²) in [6.45, 7) is 0. The zero-order valence-corrected chi connectivity index (χ0v) is 17.5. The second-order valence-corrected chi connectivity index (χ2v) is 7.93. The minimum Gasteiger partial charge on any atom is -0.480 e. The number of rotatable bonds is 8. The molecule has 0 radical (unpaired) electrons. The van der Waals surface area contributed by atoms with Crippen molar-refractivity contribution in [3.05, 3.63) is 102 Å². The normalized spacial score (nSPS) is 17.8. The second-order valence-electron chi connectivity index (χ2n) is 7.93. The molecule has 1 aliphatic rings. The minimum absolute atomic E-state index is 0.0228. The second kappa shape index (κ2) is 9.56. The minimum atomic E-state index is -1.17. The number of hydrogen-bond acceptors (Lipinski definition) is 4. The summed E-state index contributed by atoms with van der Waals surface area (Å²) in [6, 6.07) is 23.9. The van der Waals surface area contributed by atoms with E-state index in [0.29, 0.717) is 12.1 Å². The van der Waals surface area contributed by atoms with Gasteiger partial charge in [0.25, 0.3) is 0 Å². The van der Waals surface area contributed by atoms with Crippen LogP contribution in [0.4, 0.5) is 0 Å². The number of aromatic nitrogens is 1. The summed E-state index contributed by atoms with van der Waals surface area (Å²) in [4.78, 5) is 42.6. The molecular weight excluding hydrogens is 404 g/mol. The summed E-state index contributed by atoms with van der Waals surface area (Å²) >= 11 is 0. The fourth-order valence-electron chi connectivity index (χ4n) is 4.34. The largest absolute Gasteiger partial charge is 0.480 e. The van der Waals surface area contributed by atoms with Crippen molar-refractivity contribution in [2.45, 2.75) is 31.2 Å². The number of carbonyl (C=O) groups is 3. The van der Waals surface area contributed by atoms with E-state index in [-0.39, 0.29) is 18.8 Å². The van der Waals surface area contributed by atoms with Crippen LogP contribution in [0.5, 0.6) is 0 Å². The third-order valence-corrected chi connectivity index (χ3v) is 5.94. The number of pyridine rings is 1. The Morgan fingerprint density at radius 1 is 0.906 bits per heavy atom. The summed E-state index contributed by atoms with van der Waals surface area (Å²) in [6.07, 6.45) is 2.37. The molecular formula is C26H24N2O4. The zero-order chi connectivity index (χ0) is 22.5. The van der Waals surface area contributed by atoms with Crippen LogP contribution in [0.1, 0.15) is 35.6 Å². The Balaban J connectivity index is 1.47. The summed E-state index contributed by atoms with van der Waals surface area (Å²) in [5.74, 6) is -2.85. The lowest BCUT2D eigenvalue weighted by molar-refractivity contribution is -0.177. The first-order chi connectivity index (χ1) is 15.6. The van der Waals surface area contributed by atoms with Gasteiger partial charge in [0.1, 0.15) is 6.04 Å². The van der Waals surface area contributed by atoms with Crippen molar-refractivity contribution in [3.63, 3.8) is 0 Å². The quantitative estimate of drug-likeness (QED) is 0.553. The lowest BCUT2D eigenvalue weighted by atomic mass is 9.82. The van der Waals surface area contributed by atoms with Crippen LogP contribution in [0.15, 0.2) is 85.1 Å². The number of carbonyl (C=O) groups excluding carboxylic acids is 2. The summed E-state index contributed by atoms with van der Waals surface area (Å²) in [7, 11) is 0. The first-order valence-electron chi connectivity index (χ1n) is 10.6. The van der Waals surface area contributed by atoms with Gasteiger partial charge in [-0.1, -0.05) is 66.7 Å². The van der Waals surface area contributed by atoms with Crippen LogP contribution in [-0.4, -0.2) is 38.8 Å². The van der Waals surface area contributed by atoms with Crippen LogP contribution >= 0.6 is 0 Å². The topological polar surface area (TPSA) is 87.6 Å². The summed E-state index contributed by atoms with van der Waals surface area (Å²) in [5, 5.41) is 9.69. The lowest BCUT2D eigenvalue weighted by Crippen LogP contribution is -2.66. The highest BCUT2D eigenvalue weighted by Gasteiger charge is 2.54. The van der Waals surface area contributed by atoms with Crippen LogP contribution in [-0.2, 0) is 20.8 Å². The van der Waals surface area contributed by atoms with E-state index < -0.39 is 29.7 Å². The molecule has 1 N–H and O–H groups in total. The molecule has 6 nitrogen and oxygen atoms in total. The van der Waals surface area contributed by atoms with Gasteiger partial charge >= 0.3 is 5.97 Å².